The molecule has 0 saturated heterocycles. The zero-order chi connectivity index (χ0) is 14.7. The van der Waals surface area contributed by atoms with E-state index >= 15 is 0 Å². The third-order valence-electron chi connectivity index (χ3n) is 2.91. The van der Waals surface area contributed by atoms with Crippen molar-refractivity contribution in [2.24, 2.45) is 0 Å². The first-order valence-corrected chi connectivity index (χ1v) is 6.34. The molecule has 0 aliphatic heterocycles. The minimum atomic E-state index is -1.00. The Morgan fingerprint density at radius 3 is 2.15 bits per heavy atom. The number of nitrogens with zero attached hydrogens (tertiary/aromatic N) is 2. The lowest BCUT2D eigenvalue weighted by Gasteiger charge is -2.08. The molecule has 1 N–H and O–H groups in total. The quantitative estimate of drug-likeness (QED) is 0.926. The number of ether oxygens (including phenoxy) is 1. The summed E-state index contributed by atoms with van der Waals surface area (Å²) < 4.78 is 5.38. The van der Waals surface area contributed by atoms with Crippen LogP contribution in [0.5, 0.6) is 5.75 Å². The van der Waals surface area contributed by atoms with Gasteiger partial charge in [0.2, 0.25) is 0 Å². The maximum absolute atomic E-state index is 11.1. The molecule has 0 atom stereocenters. The largest absolute Gasteiger partial charge is 0.494 e. The smallest absolute Gasteiger partial charge is 0.339 e. The first kappa shape index (κ1) is 14.0. The topological polar surface area (TPSA) is 72.3 Å². The lowest BCUT2D eigenvalue weighted by molar-refractivity contribution is 0.0694. The number of aromatic carboxylic acids is 1. The standard InChI is InChI=1S/C15H16N2O3/c1-4-20-12-7-5-11(6-8-12)14-16-9(2)13(15(18)19)10(3)17-14/h5-8H,4H2,1-3H3,(H,18,19). The van der Waals surface area contributed by atoms with Crippen LogP contribution in [0.4, 0.5) is 0 Å². The predicted molar refractivity (Wildman–Crippen MR) is 75.1 cm³/mol. The number of hydrogen-bond donors (Lipinski definition) is 1. The van der Waals surface area contributed by atoms with Gasteiger partial charge < -0.3 is 9.84 Å². The van der Waals surface area contributed by atoms with Crippen LogP contribution in [0.25, 0.3) is 11.4 Å². The highest BCUT2D eigenvalue weighted by atomic mass is 16.5. The third kappa shape index (κ3) is 2.77. The van der Waals surface area contributed by atoms with Crippen LogP contribution >= 0.6 is 0 Å². The van der Waals surface area contributed by atoms with Crippen LogP contribution in [-0.2, 0) is 0 Å². The molecule has 0 unspecified atom stereocenters. The molecule has 0 bridgehead atoms. The summed E-state index contributed by atoms with van der Waals surface area (Å²) in [5, 5.41) is 9.11. The summed E-state index contributed by atoms with van der Waals surface area (Å²) in [4.78, 5) is 19.6. The van der Waals surface area contributed by atoms with Crippen molar-refractivity contribution in [3.8, 4) is 17.1 Å². The van der Waals surface area contributed by atoms with Crippen LogP contribution in [0.2, 0.25) is 0 Å². The van der Waals surface area contributed by atoms with Crippen molar-refractivity contribution < 1.29 is 14.6 Å². The van der Waals surface area contributed by atoms with E-state index in [4.69, 9.17) is 9.84 Å². The average Bonchev–Trinajstić information content (AvgIpc) is 2.38. The van der Waals surface area contributed by atoms with Gasteiger partial charge in [0.25, 0.3) is 0 Å². The Morgan fingerprint density at radius 2 is 1.70 bits per heavy atom. The van der Waals surface area contributed by atoms with Crippen molar-refractivity contribution in [3.63, 3.8) is 0 Å². The number of carbonyl (C=O) groups is 1. The highest BCUT2D eigenvalue weighted by Gasteiger charge is 2.15. The molecule has 5 heteroatoms. The highest BCUT2D eigenvalue weighted by molar-refractivity contribution is 5.90. The van der Waals surface area contributed by atoms with Crippen LogP contribution in [0.3, 0.4) is 0 Å². The van der Waals surface area contributed by atoms with Gasteiger partial charge in [0.05, 0.1) is 18.0 Å². The summed E-state index contributed by atoms with van der Waals surface area (Å²) in [7, 11) is 0. The molecule has 0 aliphatic carbocycles. The molecule has 20 heavy (non-hydrogen) atoms. The molecule has 1 aromatic carbocycles. The van der Waals surface area contributed by atoms with Gasteiger partial charge in [-0.2, -0.15) is 0 Å². The Hall–Kier alpha value is -2.43. The van der Waals surface area contributed by atoms with E-state index in [9.17, 15) is 4.79 Å². The van der Waals surface area contributed by atoms with E-state index in [2.05, 4.69) is 9.97 Å². The molecule has 104 valence electrons. The molecule has 0 amide bonds. The maximum Gasteiger partial charge on any atom is 0.339 e. The number of carboxylic acid groups (broad SMARTS) is 1. The summed E-state index contributed by atoms with van der Waals surface area (Å²) in [6.07, 6.45) is 0. The van der Waals surface area contributed by atoms with Crippen molar-refractivity contribution >= 4 is 5.97 Å². The second kappa shape index (κ2) is 5.69. The number of benzene rings is 1. The van der Waals surface area contributed by atoms with Gasteiger partial charge >= 0.3 is 5.97 Å². The fourth-order valence-electron chi connectivity index (χ4n) is 2.02. The molecule has 0 radical (unpaired) electrons. The van der Waals surface area contributed by atoms with E-state index in [1.165, 1.54) is 0 Å². The van der Waals surface area contributed by atoms with Crippen LogP contribution in [-0.4, -0.2) is 27.7 Å². The first-order chi connectivity index (χ1) is 9.52. The van der Waals surface area contributed by atoms with E-state index in [0.29, 0.717) is 23.8 Å². The Morgan fingerprint density at radius 1 is 1.15 bits per heavy atom. The predicted octanol–water partition coefficient (Wildman–Crippen LogP) is 2.86. The first-order valence-electron chi connectivity index (χ1n) is 6.34. The molecule has 0 saturated carbocycles. The number of rotatable bonds is 4. The summed E-state index contributed by atoms with van der Waals surface area (Å²) in [5.41, 5.74) is 1.93. The van der Waals surface area contributed by atoms with Gasteiger partial charge in [-0.1, -0.05) is 0 Å². The zero-order valence-corrected chi connectivity index (χ0v) is 11.7. The van der Waals surface area contributed by atoms with Crippen LogP contribution < -0.4 is 4.74 Å². The second-order valence-corrected chi connectivity index (χ2v) is 4.36. The Bertz CT molecular complexity index is 613. The summed E-state index contributed by atoms with van der Waals surface area (Å²) in [6, 6.07) is 7.41. The molecular weight excluding hydrogens is 256 g/mol. The second-order valence-electron chi connectivity index (χ2n) is 4.36. The monoisotopic (exact) mass is 272 g/mol. The summed E-state index contributed by atoms with van der Waals surface area (Å²) >= 11 is 0. The molecule has 5 nitrogen and oxygen atoms in total. The SMILES string of the molecule is CCOc1ccc(-c2nc(C)c(C(=O)O)c(C)n2)cc1. The average molecular weight is 272 g/mol. The number of hydrogen-bond acceptors (Lipinski definition) is 4. The van der Waals surface area contributed by atoms with Gasteiger partial charge in [-0.15, -0.1) is 0 Å². The van der Waals surface area contributed by atoms with Crippen LogP contribution in [0.15, 0.2) is 24.3 Å². The van der Waals surface area contributed by atoms with Crippen molar-refractivity contribution in [2.45, 2.75) is 20.8 Å². The van der Waals surface area contributed by atoms with Crippen LogP contribution in [0.1, 0.15) is 28.7 Å². The Kier molecular flexibility index (Phi) is 3.98. The van der Waals surface area contributed by atoms with E-state index in [1.54, 1.807) is 13.8 Å². The zero-order valence-electron chi connectivity index (χ0n) is 11.7. The fourth-order valence-corrected chi connectivity index (χ4v) is 2.02. The van der Waals surface area contributed by atoms with Gasteiger partial charge in [-0.05, 0) is 45.0 Å². The summed E-state index contributed by atoms with van der Waals surface area (Å²) in [5.74, 6) is 0.304. The van der Waals surface area contributed by atoms with Crippen molar-refractivity contribution in [3.05, 3.63) is 41.2 Å². The summed E-state index contributed by atoms with van der Waals surface area (Å²) in [6.45, 7) is 5.89. The van der Waals surface area contributed by atoms with Crippen LogP contribution in [0, 0.1) is 13.8 Å². The van der Waals surface area contributed by atoms with E-state index < -0.39 is 5.97 Å². The highest BCUT2D eigenvalue weighted by Crippen LogP contribution is 2.21. The third-order valence-corrected chi connectivity index (χ3v) is 2.91. The molecular formula is C15H16N2O3. The number of carboxylic acids is 1. The lowest BCUT2D eigenvalue weighted by atomic mass is 10.1. The molecule has 1 aromatic heterocycles. The van der Waals surface area contributed by atoms with Gasteiger partial charge in [0.1, 0.15) is 11.3 Å². The maximum atomic E-state index is 11.1. The van der Waals surface area contributed by atoms with Gasteiger partial charge in [-0.3, -0.25) is 0 Å². The normalized spacial score (nSPS) is 10.3. The fraction of sp³-hybridized carbons (Fsp3) is 0.267. The van der Waals surface area contributed by atoms with E-state index in [-0.39, 0.29) is 5.56 Å². The molecule has 0 spiro atoms. The Balaban J connectivity index is 2.40. The molecule has 0 aliphatic rings. The van der Waals surface area contributed by atoms with Gasteiger partial charge in [0, 0.05) is 5.56 Å². The molecule has 0 fully saturated rings. The van der Waals surface area contributed by atoms with Crippen molar-refractivity contribution in [1.82, 2.24) is 9.97 Å². The molecule has 2 rings (SSSR count). The molecule has 2 aromatic rings. The van der Waals surface area contributed by atoms with E-state index in [1.807, 2.05) is 31.2 Å². The van der Waals surface area contributed by atoms with Crippen molar-refractivity contribution in [1.29, 1.82) is 0 Å². The van der Waals surface area contributed by atoms with Gasteiger partial charge in [-0.25, -0.2) is 14.8 Å². The minimum absolute atomic E-state index is 0.166. The van der Waals surface area contributed by atoms with E-state index in [0.717, 1.165) is 11.3 Å². The number of aromatic nitrogens is 2. The van der Waals surface area contributed by atoms with Gasteiger partial charge in [0.15, 0.2) is 5.82 Å². The van der Waals surface area contributed by atoms with Crippen molar-refractivity contribution in [2.75, 3.05) is 6.61 Å². The number of aryl methyl sites for hydroxylation is 2. The Labute approximate surface area is 117 Å². The lowest BCUT2D eigenvalue weighted by Crippen LogP contribution is -2.08. The molecule has 1 heterocycles. The minimum Gasteiger partial charge on any atom is -0.494 e.